The largest absolute Gasteiger partial charge is 0.366 e. The van der Waals surface area contributed by atoms with E-state index in [0.717, 1.165) is 10.3 Å². The molecule has 0 saturated heterocycles. The first-order valence-electron chi connectivity index (χ1n) is 4.70. The van der Waals surface area contributed by atoms with Crippen LogP contribution in [0.15, 0.2) is 10.8 Å². The fourth-order valence-electron chi connectivity index (χ4n) is 1.71. The van der Waals surface area contributed by atoms with Crippen LogP contribution in [0.4, 0.5) is 5.82 Å². The van der Waals surface area contributed by atoms with E-state index in [0.29, 0.717) is 11.2 Å². The molecule has 1 fully saturated rings. The summed E-state index contributed by atoms with van der Waals surface area (Å²) in [7, 11) is 0. The lowest BCUT2D eigenvalue weighted by atomic mass is 10.2. The van der Waals surface area contributed by atoms with Crippen LogP contribution in [-0.4, -0.2) is 16.0 Å². The number of aromatic nitrogens is 2. The molecule has 14 heavy (non-hydrogen) atoms. The van der Waals surface area contributed by atoms with Crippen LogP contribution in [0.1, 0.15) is 25.7 Å². The first kappa shape index (κ1) is 10.2. The summed E-state index contributed by atoms with van der Waals surface area (Å²) >= 11 is 9.23. The highest BCUT2D eigenvalue weighted by Gasteiger charge is 2.16. The molecule has 2 rings (SSSR count). The van der Waals surface area contributed by atoms with Crippen LogP contribution in [0.2, 0.25) is 5.15 Å². The molecule has 1 saturated carbocycles. The van der Waals surface area contributed by atoms with Gasteiger partial charge in [0, 0.05) is 6.04 Å². The average Bonchev–Trinajstić information content (AvgIpc) is 2.66. The van der Waals surface area contributed by atoms with E-state index in [1.807, 2.05) is 0 Å². The van der Waals surface area contributed by atoms with E-state index in [1.54, 1.807) is 0 Å². The molecule has 1 aliphatic rings. The molecule has 5 heteroatoms. The Morgan fingerprint density at radius 2 is 2.07 bits per heavy atom. The van der Waals surface area contributed by atoms with E-state index in [-0.39, 0.29) is 0 Å². The van der Waals surface area contributed by atoms with Gasteiger partial charge in [-0.3, -0.25) is 0 Å². The van der Waals surface area contributed by atoms with Crippen LogP contribution in [0, 0.1) is 0 Å². The summed E-state index contributed by atoms with van der Waals surface area (Å²) in [4.78, 5) is 8.03. The lowest BCUT2D eigenvalue weighted by Crippen LogP contribution is -2.16. The van der Waals surface area contributed by atoms with Gasteiger partial charge in [0.15, 0.2) is 0 Å². The Hall–Kier alpha value is -0.350. The minimum absolute atomic E-state index is 0.459. The Balaban J connectivity index is 2.11. The zero-order chi connectivity index (χ0) is 9.97. The van der Waals surface area contributed by atoms with Crippen molar-refractivity contribution in [2.45, 2.75) is 31.7 Å². The smallest absolute Gasteiger partial charge is 0.148 e. The molecule has 0 atom stereocenters. The summed E-state index contributed by atoms with van der Waals surface area (Å²) in [6.45, 7) is 0. The van der Waals surface area contributed by atoms with Gasteiger partial charge in [-0.1, -0.05) is 24.4 Å². The zero-order valence-corrected chi connectivity index (χ0v) is 9.98. The van der Waals surface area contributed by atoms with Gasteiger partial charge in [0.25, 0.3) is 0 Å². The molecule has 3 nitrogen and oxygen atoms in total. The van der Waals surface area contributed by atoms with Gasteiger partial charge >= 0.3 is 0 Å². The van der Waals surface area contributed by atoms with E-state index >= 15 is 0 Å². The Labute approximate surface area is 96.4 Å². The molecule has 1 aliphatic carbocycles. The molecule has 0 spiro atoms. The summed E-state index contributed by atoms with van der Waals surface area (Å²) in [5.74, 6) is 0.803. The number of anilines is 1. The Kier molecular flexibility index (Phi) is 3.23. The first-order valence-corrected chi connectivity index (χ1v) is 5.87. The molecule has 76 valence electrons. The highest BCUT2D eigenvalue weighted by Crippen LogP contribution is 2.29. The quantitative estimate of drug-likeness (QED) is 0.843. The third-order valence-corrected chi connectivity index (χ3v) is 3.71. The zero-order valence-electron chi connectivity index (χ0n) is 7.63. The van der Waals surface area contributed by atoms with Gasteiger partial charge in [-0.2, -0.15) is 0 Å². The predicted molar refractivity (Wildman–Crippen MR) is 60.6 cm³/mol. The van der Waals surface area contributed by atoms with Crippen LogP contribution in [-0.2, 0) is 0 Å². The van der Waals surface area contributed by atoms with Gasteiger partial charge in [0.1, 0.15) is 17.3 Å². The van der Waals surface area contributed by atoms with Crippen molar-refractivity contribution < 1.29 is 0 Å². The van der Waals surface area contributed by atoms with Crippen LogP contribution in [0.25, 0.3) is 0 Å². The standard InChI is InChI=1S/C9H11BrClN3/c10-7-8(11)12-5-13-9(7)14-6-3-1-2-4-6/h5-6H,1-4H2,(H,12,13,14). The topological polar surface area (TPSA) is 37.8 Å². The number of rotatable bonds is 2. The van der Waals surface area contributed by atoms with Gasteiger partial charge in [0.05, 0.1) is 4.47 Å². The summed E-state index contributed by atoms with van der Waals surface area (Å²) in [6, 6.07) is 0.539. The normalized spacial score (nSPS) is 17.3. The maximum absolute atomic E-state index is 5.86. The van der Waals surface area contributed by atoms with Gasteiger partial charge in [-0.15, -0.1) is 0 Å². The van der Waals surface area contributed by atoms with E-state index in [2.05, 4.69) is 31.2 Å². The minimum Gasteiger partial charge on any atom is -0.366 e. The summed E-state index contributed by atoms with van der Waals surface area (Å²) < 4.78 is 0.758. The summed E-state index contributed by atoms with van der Waals surface area (Å²) in [6.07, 6.45) is 6.51. The molecular formula is C9H11BrClN3. The van der Waals surface area contributed by atoms with Crippen molar-refractivity contribution in [3.8, 4) is 0 Å². The molecular weight excluding hydrogens is 265 g/mol. The first-order chi connectivity index (χ1) is 6.77. The van der Waals surface area contributed by atoms with Crippen LogP contribution >= 0.6 is 27.5 Å². The van der Waals surface area contributed by atoms with Gasteiger partial charge in [-0.25, -0.2) is 9.97 Å². The highest BCUT2D eigenvalue weighted by atomic mass is 79.9. The van der Waals surface area contributed by atoms with Crippen LogP contribution in [0.3, 0.4) is 0 Å². The van der Waals surface area contributed by atoms with E-state index in [9.17, 15) is 0 Å². The maximum atomic E-state index is 5.86. The summed E-state index contributed by atoms with van der Waals surface area (Å²) in [5, 5.41) is 3.83. The summed E-state index contributed by atoms with van der Waals surface area (Å²) in [5.41, 5.74) is 0. The second-order valence-corrected chi connectivity index (χ2v) is 4.60. The number of hydrogen-bond donors (Lipinski definition) is 1. The fraction of sp³-hybridized carbons (Fsp3) is 0.556. The van der Waals surface area contributed by atoms with E-state index in [1.165, 1.54) is 32.0 Å². The molecule has 0 aromatic carbocycles. The van der Waals surface area contributed by atoms with Crippen molar-refractivity contribution in [3.05, 3.63) is 16.0 Å². The number of halogens is 2. The molecule has 0 unspecified atom stereocenters. The molecule has 0 aliphatic heterocycles. The molecule has 1 N–H and O–H groups in total. The van der Waals surface area contributed by atoms with Crippen molar-refractivity contribution in [2.24, 2.45) is 0 Å². The number of hydrogen-bond acceptors (Lipinski definition) is 3. The molecule has 1 aromatic heterocycles. The second kappa shape index (κ2) is 4.45. The lowest BCUT2D eigenvalue weighted by Gasteiger charge is -2.13. The van der Waals surface area contributed by atoms with E-state index in [4.69, 9.17) is 11.6 Å². The third-order valence-electron chi connectivity index (χ3n) is 2.44. The maximum Gasteiger partial charge on any atom is 0.148 e. The Morgan fingerprint density at radius 1 is 1.36 bits per heavy atom. The van der Waals surface area contributed by atoms with Crippen molar-refractivity contribution in [2.75, 3.05) is 5.32 Å². The Bertz CT molecular complexity index is 326. The molecule has 1 heterocycles. The second-order valence-electron chi connectivity index (χ2n) is 3.45. The van der Waals surface area contributed by atoms with E-state index < -0.39 is 0 Å². The van der Waals surface area contributed by atoms with Gasteiger partial charge in [-0.05, 0) is 28.8 Å². The van der Waals surface area contributed by atoms with Crippen LogP contribution < -0.4 is 5.32 Å². The predicted octanol–water partition coefficient (Wildman–Crippen LogP) is 3.25. The monoisotopic (exact) mass is 275 g/mol. The minimum atomic E-state index is 0.459. The third kappa shape index (κ3) is 2.17. The fourth-order valence-corrected chi connectivity index (χ4v) is 2.16. The molecule has 0 amide bonds. The average molecular weight is 277 g/mol. The molecule has 0 radical (unpaired) electrons. The molecule has 0 bridgehead atoms. The van der Waals surface area contributed by atoms with Crippen LogP contribution in [0.5, 0.6) is 0 Å². The number of nitrogens with one attached hydrogen (secondary N) is 1. The van der Waals surface area contributed by atoms with Crippen molar-refractivity contribution >= 4 is 33.3 Å². The van der Waals surface area contributed by atoms with Crippen molar-refractivity contribution in [1.29, 1.82) is 0 Å². The van der Waals surface area contributed by atoms with Crippen molar-refractivity contribution in [3.63, 3.8) is 0 Å². The van der Waals surface area contributed by atoms with Gasteiger partial charge < -0.3 is 5.32 Å². The lowest BCUT2D eigenvalue weighted by molar-refractivity contribution is 0.749. The SMILES string of the molecule is Clc1ncnc(NC2CCCC2)c1Br. The molecule has 1 aromatic rings. The number of nitrogens with zero attached hydrogens (tertiary/aromatic N) is 2. The highest BCUT2D eigenvalue weighted by molar-refractivity contribution is 9.10. The van der Waals surface area contributed by atoms with Crippen molar-refractivity contribution in [1.82, 2.24) is 9.97 Å². The van der Waals surface area contributed by atoms with Gasteiger partial charge in [0.2, 0.25) is 0 Å². The Morgan fingerprint density at radius 3 is 2.79 bits per heavy atom.